The Morgan fingerprint density at radius 2 is 1.83 bits per heavy atom. The molecule has 0 bridgehead atoms. The smallest absolute Gasteiger partial charge is 0.119 e. The molecule has 2 rings (SSSR count). The fourth-order valence-electron chi connectivity index (χ4n) is 2.28. The fraction of sp³-hybridized carbons (Fsp3) is 0.600. The summed E-state index contributed by atoms with van der Waals surface area (Å²) in [5, 5.41) is 0. The van der Waals surface area contributed by atoms with Crippen molar-refractivity contribution in [2.75, 3.05) is 33.4 Å². The molecule has 0 unspecified atom stereocenters. The van der Waals surface area contributed by atoms with Gasteiger partial charge < -0.3 is 14.4 Å². The van der Waals surface area contributed by atoms with Gasteiger partial charge in [-0.3, -0.25) is 0 Å². The Kier molecular flexibility index (Phi) is 5.02. The first-order chi connectivity index (χ1) is 8.78. The van der Waals surface area contributed by atoms with E-state index in [9.17, 15) is 0 Å². The molecule has 3 nitrogen and oxygen atoms in total. The highest BCUT2D eigenvalue weighted by molar-refractivity contribution is 5.26. The molecule has 1 aromatic rings. The lowest BCUT2D eigenvalue weighted by atomic mass is 10.1. The van der Waals surface area contributed by atoms with Gasteiger partial charge in [-0.05, 0) is 31.9 Å². The van der Waals surface area contributed by atoms with E-state index in [-0.39, 0.29) is 0 Å². The zero-order chi connectivity index (χ0) is 12.8. The summed E-state index contributed by atoms with van der Waals surface area (Å²) in [4.78, 5) is 2.44. The average molecular weight is 249 g/mol. The SMILES string of the molecule is COCCN1CCC(Oc2ccc(C)cc2)CC1. The molecule has 1 fully saturated rings. The summed E-state index contributed by atoms with van der Waals surface area (Å²) in [6.07, 6.45) is 2.58. The molecule has 0 aromatic heterocycles. The lowest BCUT2D eigenvalue weighted by Crippen LogP contribution is -2.39. The van der Waals surface area contributed by atoms with Crippen molar-refractivity contribution in [3.05, 3.63) is 29.8 Å². The second-order valence-electron chi connectivity index (χ2n) is 4.96. The Labute approximate surface area is 110 Å². The van der Waals surface area contributed by atoms with E-state index in [1.807, 2.05) is 0 Å². The molecule has 0 saturated carbocycles. The number of piperidine rings is 1. The lowest BCUT2D eigenvalue weighted by molar-refractivity contribution is 0.0797. The van der Waals surface area contributed by atoms with E-state index in [4.69, 9.17) is 9.47 Å². The van der Waals surface area contributed by atoms with Crippen molar-refractivity contribution in [1.29, 1.82) is 0 Å². The van der Waals surface area contributed by atoms with E-state index in [2.05, 4.69) is 36.1 Å². The molecule has 100 valence electrons. The Hall–Kier alpha value is -1.06. The third-order valence-corrected chi connectivity index (χ3v) is 3.47. The van der Waals surface area contributed by atoms with Crippen molar-refractivity contribution < 1.29 is 9.47 Å². The first-order valence-electron chi connectivity index (χ1n) is 6.72. The largest absolute Gasteiger partial charge is 0.490 e. The monoisotopic (exact) mass is 249 g/mol. The van der Waals surface area contributed by atoms with Crippen LogP contribution in [0, 0.1) is 6.92 Å². The maximum atomic E-state index is 6.01. The molecule has 1 aromatic carbocycles. The highest BCUT2D eigenvalue weighted by atomic mass is 16.5. The van der Waals surface area contributed by atoms with Gasteiger partial charge in [-0.1, -0.05) is 17.7 Å². The van der Waals surface area contributed by atoms with Gasteiger partial charge in [0.25, 0.3) is 0 Å². The summed E-state index contributed by atoms with van der Waals surface area (Å²) in [6.45, 7) is 6.18. The maximum absolute atomic E-state index is 6.01. The molecule has 1 aliphatic rings. The van der Waals surface area contributed by atoms with Gasteiger partial charge in [0.05, 0.1) is 6.61 Å². The van der Waals surface area contributed by atoms with Gasteiger partial charge in [-0.15, -0.1) is 0 Å². The van der Waals surface area contributed by atoms with Gasteiger partial charge in [-0.2, -0.15) is 0 Å². The Morgan fingerprint density at radius 1 is 1.17 bits per heavy atom. The third-order valence-electron chi connectivity index (χ3n) is 3.47. The summed E-state index contributed by atoms with van der Waals surface area (Å²) in [6, 6.07) is 8.32. The van der Waals surface area contributed by atoms with E-state index < -0.39 is 0 Å². The van der Waals surface area contributed by atoms with Gasteiger partial charge in [0.1, 0.15) is 11.9 Å². The van der Waals surface area contributed by atoms with Crippen LogP contribution in [0.25, 0.3) is 0 Å². The van der Waals surface area contributed by atoms with Gasteiger partial charge in [0.15, 0.2) is 0 Å². The number of hydrogen-bond acceptors (Lipinski definition) is 3. The maximum Gasteiger partial charge on any atom is 0.119 e. The van der Waals surface area contributed by atoms with Crippen LogP contribution in [0.2, 0.25) is 0 Å². The topological polar surface area (TPSA) is 21.7 Å². The number of rotatable bonds is 5. The lowest BCUT2D eigenvalue weighted by Gasteiger charge is -2.31. The first-order valence-corrected chi connectivity index (χ1v) is 6.72. The summed E-state index contributed by atoms with van der Waals surface area (Å²) < 4.78 is 11.1. The highest BCUT2D eigenvalue weighted by Gasteiger charge is 2.19. The number of aryl methyl sites for hydroxylation is 1. The minimum atomic E-state index is 0.367. The van der Waals surface area contributed by atoms with Crippen LogP contribution in [-0.2, 0) is 4.74 Å². The van der Waals surface area contributed by atoms with Crippen LogP contribution in [0.3, 0.4) is 0 Å². The van der Waals surface area contributed by atoms with Crippen molar-refractivity contribution in [2.45, 2.75) is 25.9 Å². The number of likely N-dealkylation sites (tertiary alicyclic amines) is 1. The van der Waals surface area contributed by atoms with Crippen LogP contribution >= 0.6 is 0 Å². The number of ether oxygens (including phenoxy) is 2. The second-order valence-corrected chi connectivity index (χ2v) is 4.96. The van der Waals surface area contributed by atoms with Crippen LogP contribution in [0.15, 0.2) is 24.3 Å². The van der Waals surface area contributed by atoms with E-state index in [1.54, 1.807) is 7.11 Å². The first kappa shape index (κ1) is 13.4. The van der Waals surface area contributed by atoms with Crippen LogP contribution in [0.5, 0.6) is 5.75 Å². The zero-order valence-electron chi connectivity index (χ0n) is 11.4. The van der Waals surface area contributed by atoms with E-state index in [0.29, 0.717) is 6.10 Å². The summed E-state index contributed by atoms with van der Waals surface area (Å²) in [7, 11) is 1.76. The molecule has 0 aliphatic carbocycles. The number of hydrogen-bond donors (Lipinski definition) is 0. The van der Waals surface area contributed by atoms with Crippen molar-refractivity contribution >= 4 is 0 Å². The number of benzene rings is 1. The Bertz CT molecular complexity index is 342. The molecule has 0 amide bonds. The summed E-state index contributed by atoms with van der Waals surface area (Å²) >= 11 is 0. The molecule has 1 saturated heterocycles. The molecule has 0 radical (unpaired) electrons. The standard InChI is InChI=1S/C15H23NO2/c1-13-3-5-14(6-4-13)18-15-7-9-16(10-8-15)11-12-17-2/h3-6,15H,7-12H2,1-2H3. The van der Waals surface area contributed by atoms with Crippen molar-refractivity contribution in [2.24, 2.45) is 0 Å². The third kappa shape index (κ3) is 4.00. The minimum Gasteiger partial charge on any atom is -0.490 e. The van der Waals surface area contributed by atoms with Crippen LogP contribution < -0.4 is 4.74 Å². The fourth-order valence-corrected chi connectivity index (χ4v) is 2.28. The quantitative estimate of drug-likeness (QED) is 0.800. The number of methoxy groups -OCH3 is 1. The minimum absolute atomic E-state index is 0.367. The molecule has 0 spiro atoms. The average Bonchev–Trinajstić information content (AvgIpc) is 2.41. The van der Waals surface area contributed by atoms with Gasteiger partial charge in [0, 0.05) is 26.7 Å². The van der Waals surface area contributed by atoms with Gasteiger partial charge in [0.2, 0.25) is 0 Å². The highest BCUT2D eigenvalue weighted by Crippen LogP contribution is 2.19. The zero-order valence-corrected chi connectivity index (χ0v) is 11.4. The molecule has 0 atom stereocenters. The van der Waals surface area contributed by atoms with Gasteiger partial charge >= 0.3 is 0 Å². The van der Waals surface area contributed by atoms with E-state index in [1.165, 1.54) is 5.56 Å². The van der Waals surface area contributed by atoms with Crippen LogP contribution in [0.1, 0.15) is 18.4 Å². The predicted molar refractivity (Wildman–Crippen MR) is 73.1 cm³/mol. The molecule has 18 heavy (non-hydrogen) atoms. The van der Waals surface area contributed by atoms with Crippen molar-refractivity contribution in [3.8, 4) is 5.75 Å². The molecule has 0 N–H and O–H groups in total. The van der Waals surface area contributed by atoms with E-state index in [0.717, 1.165) is 44.8 Å². The van der Waals surface area contributed by atoms with Crippen molar-refractivity contribution in [1.82, 2.24) is 4.90 Å². The second kappa shape index (κ2) is 6.76. The molecular formula is C15H23NO2. The normalized spacial score (nSPS) is 17.9. The summed E-state index contributed by atoms with van der Waals surface area (Å²) in [5.41, 5.74) is 1.27. The Morgan fingerprint density at radius 3 is 2.44 bits per heavy atom. The molecule has 1 heterocycles. The Balaban J connectivity index is 1.74. The van der Waals surface area contributed by atoms with E-state index >= 15 is 0 Å². The van der Waals surface area contributed by atoms with Crippen LogP contribution in [-0.4, -0.2) is 44.4 Å². The van der Waals surface area contributed by atoms with Gasteiger partial charge in [-0.25, -0.2) is 0 Å². The van der Waals surface area contributed by atoms with Crippen molar-refractivity contribution in [3.63, 3.8) is 0 Å². The molecule has 1 aliphatic heterocycles. The van der Waals surface area contributed by atoms with Crippen LogP contribution in [0.4, 0.5) is 0 Å². The summed E-state index contributed by atoms with van der Waals surface area (Å²) in [5.74, 6) is 0.996. The predicted octanol–water partition coefficient (Wildman–Crippen LogP) is 2.48. The number of nitrogens with zero attached hydrogens (tertiary/aromatic N) is 1. The molecular weight excluding hydrogens is 226 g/mol. The molecule has 3 heteroatoms.